The second-order valence-electron chi connectivity index (χ2n) is 3.81. The number of hydrogen-bond acceptors (Lipinski definition) is 4. The lowest BCUT2D eigenvalue weighted by molar-refractivity contribution is -0.139. The lowest BCUT2D eigenvalue weighted by Gasteiger charge is -2.14. The zero-order valence-corrected chi connectivity index (χ0v) is 11.0. The van der Waals surface area contributed by atoms with Crippen LogP contribution in [0.15, 0.2) is 18.2 Å². The number of aliphatic carboxylic acids is 1. The number of phenols is 1. The molecular formula is C12H14ClNO5. The predicted molar refractivity (Wildman–Crippen MR) is 68.5 cm³/mol. The highest BCUT2D eigenvalue weighted by molar-refractivity contribution is 6.33. The van der Waals surface area contributed by atoms with E-state index >= 15 is 0 Å². The predicted octanol–water partition coefficient (Wildman–Crippen LogP) is 1.27. The molecule has 6 nitrogen and oxygen atoms in total. The molecule has 0 heterocycles. The molecule has 0 aliphatic heterocycles. The molecule has 0 bridgehead atoms. The summed E-state index contributed by atoms with van der Waals surface area (Å²) < 4.78 is 4.77. The standard InChI is InChI=1S/C12H14ClNO5/c1-19-5-4-10(12(17)18)14-11(16)8-6-7(15)2-3-9(8)13/h2-3,6,10,15H,4-5H2,1H3,(H,14,16)(H,17,18). The number of amides is 1. The van der Waals surface area contributed by atoms with Gasteiger partial charge in [-0.1, -0.05) is 11.6 Å². The number of carbonyl (C=O) groups excluding carboxylic acids is 1. The van der Waals surface area contributed by atoms with Gasteiger partial charge in [0.1, 0.15) is 11.8 Å². The highest BCUT2D eigenvalue weighted by atomic mass is 35.5. The number of ether oxygens (including phenoxy) is 1. The average molecular weight is 288 g/mol. The van der Waals surface area contributed by atoms with Crippen molar-refractivity contribution in [3.05, 3.63) is 28.8 Å². The molecule has 1 aromatic carbocycles. The van der Waals surface area contributed by atoms with E-state index in [0.717, 1.165) is 0 Å². The van der Waals surface area contributed by atoms with Crippen molar-refractivity contribution in [1.29, 1.82) is 0 Å². The minimum absolute atomic E-state index is 0.0188. The minimum Gasteiger partial charge on any atom is -0.508 e. The monoisotopic (exact) mass is 287 g/mol. The van der Waals surface area contributed by atoms with Crippen molar-refractivity contribution in [2.45, 2.75) is 12.5 Å². The molecule has 104 valence electrons. The van der Waals surface area contributed by atoms with Crippen LogP contribution in [-0.2, 0) is 9.53 Å². The van der Waals surface area contributed by atoms with E-state index in [0.29, 0.717) is 0 Å². The Bertz CT molecular complexity index is 477. The molecule has 1 atom stereocenters. The largest absolute Gasteiger partial charge is 0.508 e. The van der Waals surface area contributed by atoms with E-state index in [9.17, 15) is 14.7 Å². The Morgan fingerprint density at radius 1 is 1.47 bits per heavy atom. The Morgan fingerprint density at radius 3 is 2.74 bits per heavy atom. The third-order valence-corrected chi connectivity index (χ3v) is 2.74. The Kier molecular flexibility index (Phi) is 5.59. The number of carbonyl (C=O) groups is 2. The molecule has 1 unspecified atom stereocenters. The van der Waals surface area contributed by atoms with E-state index < -0.39 is 17.9 Å². The Hall–Kier alpha value is -1.79. The zero-order valence-electron chi connectivity index (χ0n) is 10.2. The van der Waals surface area contributed by atoms with Crippen LogP contribution in [0.3, 0.4) is 0 Å². The van der Waals surface area contributed by atoms with Gasteiger partial charge in [-0.15, -0.1) is 0 Å². The number of phenolic OH excluding ortho intramolecular Hbond substituents is 1. The van der Waals surface area contributed by atoms with Gasteiger partial charge < -0.3 is 20.3 Å². The quantitative estimate of drug-likeness (QED) is 0.732. The van der Waals surface area contributed by atoms with Crippen LogP contribution in [0.5, 0.6) is 5.75 Å². The summed E-state index contributed by atoms with van der Waals surface area (Å²) in [5.74, 6) is -1.95. The van der Waals surface area contributed by atoms with Crippen LogP contribution in [-0.4, -0.2) is 41.8 Å². The van der Waals surface area contributed by atoms with Crippen molar-refractivity contribution in [1.82, 2.24) is 5.32 Å². The molecule has 3 N–H and O–H groups in total. The molecule has 1 aromatic rings. The molecule has 0 aliphatic carbocycles. The van der Waals surface area contributed by atoms with Gasteiger partial charge in [0, 0.05) is 20.1 Å². The summed E-state index contributed by atoms with van der Waals surface area (Å²) >= 11 is 5.81. The first kappa shape index (κ1) is 15.3. The van der Waals surface area contributed by atoms with E-state index in [1.165, 1.54) is 25.3 Å². The molecule has 0 aromatic heterocycles. The number of nitrogens with one attached hydrogen (secondary N) is 1. The van der Waals surface area contributed by atoms with E-state index in [2.05, 4.69) is 5.32 Å². The Labute approximate surface area is 114 Å². The van der Waals surface area contributed by atoms with Crippen molar-refractivity contribution >= 4 is 23.5 Å². The Morgan fingerprint density at radius 2 is 2.16 bits per heavy atom. The molecular weight excluding hydrogens is 274 g/mol. The van der Waals surface area contributed by atoms with Gasteiger partial charge in [-0.25, -0.2) is 4.79 Å². The molecule has 19 heavy (non-hydrogen) atoms. The number of carboxylic acids is 1. The van der Waals surface area contributed by atoms with E-state index in [4.69, 9.17) is 21.4 Å². The highest BCUT2D eigenvalue weighted by Gasteiger charge is 2.21. The summed E-state index contributed by atoms with van der Waals surface area (Å²) in [6.45, 7) is 0.199. The minimum atomic E-state index is -1.17. The summed E-state index contributed by atoms with van der Waals surface area (Å²) in [7, 11) is 1.44. The highest BCUT2D eigenvalue weighted by Crippen LogP contribution is 2.21. The molecule has 7 heteroatoms. The number of carboxylic acid groups (broad SMARTS) is 1. The molecule has 0 aliphatic rings. The summed E-state index contributed by atoms with van der Waals surface area (Å²) in [6.07, 6.45) is 0.133. The van der Waals surface area contributed by atoms with Crippen molar-refractivity contribution < 1.29 is 24.5 Å². The number of aromatic hydroxyl groups is 1. The van der Waals surface area contributed by atoms with Crippen molar-refractivity contribution in [3.8, 4) is 5.75 Å². The van der Waals surface area contributed by atoms with Crippen molar-refractivity contribution in [2.75, 3.05) is 13.7 Å². The summed E-state index contributed by atoms with van der Waals surface area (Å²) in [4.78, 5) is 22.9. The van der Waals surface area contributed by atoms with Gasteiger partial charge in [0.05, 0.1) is 10.6 Å². The van der Waals surface area contributed by atoms with E-state index in [1.807, 2.05) is 0 Å². The topological polar surface area (TPSA) is 95.9 Å². The van der Waals surface area contributed by atoms with E-state index in [1.54, 1.807) is 0 Å². The van der Waals surface area contributed by atoms with Crippen LogP contribution in [0.25, 0.3) is 0 Å². The van der Waals surface area contributed by atoms with Crippen LogP contribution in [0.1, 0.15) is 16.8 Å². The number of benzene rings is 1. The first-order valence-electron chi connectivity index (χ1n) is 5.46. The van der Waals surface area contributed by atoms with Crippen molar-refractivity contribution in [2.24, 2.45) is 0 Å². The molecule has 0 spiro atoms. The maximum absolute atomic E-state index is 11.9. The van der Waals surface area contributed by atoms with Crippen LogP contribution in [0.2, 0.25) is 5.02 Å². The maximum Gasteiger partial charge on any atom is 0.326 e. The fourth-order valence-electron chi connectivity index (χ4n) is 1.42. The molecule has 0 saturated heterocycles. The van der Waals surface area contributed by atoms with Gasteiger partial charge >= 0.3 is 5.97 Å². The van der Waals surface area contributed by atoms with Gasteiger partial charge in [-0.2, -0.15) is 0 Å². The maximum atomic E-state index is 11.9. The zero-order chi connectivity index (χ0) is 14.4. The molecule has 1 rings (SSSR count). The van der Waals surface area contributed by atoms with Gasteiger partial charge in [0.15, 0.2) is 0 Å². The lowest BCUT2D eigenvalue weighted by atomic mass is 10.1. The van der Waals surface area contributed by atoms with Crippen molar-refractivity contribution in [3.63, 3.8) is 0 Å². The Balaban J connectivity index is 2.81. The SMILES string of the molecule is COCCC(NC(=O)c1cc(O)ccc1Cl)C(=O)O. The number of halogens is 1. The number of methoxy groups -OCH3 is 1. The van der Waals surface area contributed by atoms with Gasteiger partial charge in [-0.3, -0.25) is 4.79 Å². The van der Waals surface area contributed by atoms with E-state index in [-0.39, 0.29) is 29.4 Å². The molecule has 0 radical (unpaired) electrons. The molecule has 0 fully saturated rings. The lowest BCUT2D eigenvalue weighted by Crippen LogP contribution is -2.41. The van der Waals surface area contributed by atoms with Crippen LogP contribution in [0.4, 0.5) is 0 Å². The fraction of sp³-hybridized carbons (Fsp3) is 0.333. The first-order chi connectivity index (χ1) is 8.95. The van der Waals surface area contributed by atoms with Gasteiger partial charge in [-0.05, 0) is 18.2 Å². The summed E-state index contributed by atoms with van der Waals surface area (Å²) in [6, 6.07) is 2.79. The smallest absolute Gasteiger partial charge is 0.326 e. The molecule has 0 saturated carbocycles. The summed E-state index contributed by atoms with van der Waals surface area (Å²) in [5.41, 5.74) is 0.0188. The third kappa shape index (κ3) is 4.42. The second-order valence-corrected chi connectivity index (χ2v) is 4.22. The number of hydrogen-bond donors (Lipinski definition) is 3. The third-order valence-electron chi connectivity index (χ3n) is 2.41. The van der Waals surface area contributed by atoms with Gasteiger partial charge in [0.25, 0.3) is 5.91 Å². The normalized spacial score (nSPS) is 11.9. The van der Waals surface area contributed by atoms with Crippen LogP contribution < -0.4 is 5.32 Å². The second kappa shape index (κ2) is 6.96. The number of rotatable bonds is 6. The summed E-state index contributed by atoms with van der Waals surface area (Å²) in [5, 5.41) is 20.7. The van der Waals surface area contributed by atoms with Crippen LogP contribution >= 0.6 is 11.6 Å². The average Bonchev–Trinajstić information content (AvgIpc) is 2.36. The fourth-order valence-corrected chi connectivity index (χ4v) is 1.62. The van der Waals surface area contributed by atoms with Crippen LogP contribution in [0, 0.1) is 0 Å². The molecule has 1 amide bonds. The van der Waals surface area contributed by atoms with Gasteiger partial charge in [0.2, 0.25) is 0 Å². The first-order valence-corrected chi connectivity index (χ1v) is 5.84.